The van der Waals surface area contributed by atoms with Crippen LogP contribution in [0.15, 0.2) is 12.1 Å². The molecule has 2 unspecified atom stereocenters. The van der Waals surface area contributed by atoms with E-state index in [-0.39, 0.29) is 63.1 Å². The van der Waals surface area contributed by atoms with E-state index < -0.39 is 45.8 Å². The quantitative estimate of drug-likeness (QED) is 0.253. The van der Waals surface area contributed by atoms with Crippen LogP contribution in [0.1, 0.15) is 24.5 Å². The number of nitrogen functional groups attached to an aromatic ring is 1. The lowest BCUT2D eigenvalue weighted by molar-refractivity contribution is -0.138. The van der Waals surface area contributed by atoms with Gasteiger partial charge in [-0.3, -0.25) is 4.79 Å². The van der Waals surface area contributed by atoms with E-state index in [1.54, 1.807) is 22.8 Å². The molecule has 0 aliphatic carbocycles. The van der Waals surface area contributed by atoms with Gasteiger partial charge in [-0.15, -0.1) is 11.3 Å². The maximum Gasteiger partial charge on any atom is 0.420 e. The van der Waals surface area contributed by atoms with Crippen molar-refractivity contribution in [2.24, 2.45) is 0 Å². The zero-order valence-corrected chi connectivity index (χ0v) is 22.9. The molecule has 0 saturated carbocycles. The van der Waals surface area contributed by atoms with Crippen molar-refractivity contribution in [3.8, 4) is 29.0 Å². The van der Waals surface area contributed by atoms with Crippen LogP contribution in [0.3, 0.4) is 0 Å². The first-order valence-electron chi connectivity index (χ1n) is 12.7. The van der Waals surface area contributed by atoms with Crippen molar-refractivity contribution in [3.63, 3.8) is 0 Å². The number of hydrogen-bond donors (Lipinski definition) is 1. The summed E-state index contributed by atoms with van der Waals surface area (Å²) in [6.45, 7) is 2.05. The Morgan fingerprint density at radius 3 is 2.64 bits per heavy atom. The molecule has 2 aliphatic rings. The molecule has 2 aromatic carbocycles. The largest absolute Gasteiger partial charge is 0.490 e. The van der Waals surface area contributed by atoms with E-state index in [0.717, 1.165) is 12.1 Å². The summed E-state index contributed by atoms with van der Waals surface area (Å²) < 4.78 is 87.3. The minimum Gasteiger partial charge on any atom is -0.490 e. The normalized spacial score (nSPS) is 18.7. The third-order valence-corrected chi connectivity index (χ3v) is 8.84. The fourth-order valence-electron chi connectivity index (χ4n) is 5.93. The number of carbonyl (C=O) groups excluding carboxylic acids is 1. The molecule has 4 aromatic rings. The molecular formula is C27H21F5N6O3S. The van der Waals surface area contributed by atoms with Gasteiger partial charge in [0.15, 0.2) is 5.82 Å². The number of fused-ring (bicyclic) bond motifs is 1. The number of carbonyl (C=O) groups is 1. The zero-order chi connectivity index (χ0) is 30.1. The van der Waals surface area contributed by atoms with E-state index in [0.29, 0.717) is 30.7 Å². The number of benzene rings is 2. The molecule has 0 radical (unpaired) electrons. The van der Waals surface area contributed by atoms with Gasteiger partial charge in [-0.25, -0.2) is 8.78 Å². The first-order valence-corrected chi connectivity index (χ1v) is 13.5. The molecule has 42 heavy (non-hydrogen) atoms. The van der Waals surface area contributed by atoms with Crippen molar-refractivity contribution in [2.45, 2.75) is 31.6 Å². The average Bonchev–Trinajstić information content (AvgIpc) is 3.43. The molecule has 0 bridgehead atoms. The Labute approximate surface area is 238 Å². The molecule has 1 fully saturated rings. The number of aromatic nitrogens is 2. The summed E-state index contributed by atoms with van der Waals surface area (Å²) in [5, 5.41) is 9.03. The van der Waals surface area contributed by atoms with Crippen LogP contribution in [-0.2, 0) is 11.0 Å². The van der Waals surface area contributed by atoms with Crippen LogP contribution in [0.2, 0.25) is 0 Å². The van der Waals surface area contributed by atoms with Gasteiger partial charge in [-0.05, 0) is 25.0 Å². The first-order chi connectivity index (χ1) is 20.0. The van der Waals surface area contributed by atoms with Crippen LogP contribution >= 0.6 is 11.3 Å². The van der Waals surface area contributed by atoms with Gasteiger partial charge in [0.2, 0.25) is 6.41 Å². The van der Waals surface area contributed by atoms with E-state index in [9.17, 15) is 14.4 Å². The Morgan fingerprint density at radius 1 is 1.24 bits per heavy atom. The third kappa shape index (κ3) is 3.96. The second kappa shape index (κ2) is 9.83. The van der Waals surface area contributed by atoms with Crippen molar-refractivity contribution in [2.75, 3.05) is 37.4 Å². The minimum absolute atomic E-state index is 0.0355. The van der Waals surface area contributed by atoms with Gasteiger partial charge in [0.25, 0.3) is 0 Å². The average molecular weight is 605 g/mol. The lowest BCUT2D eigenvalue weighted by Gasteiger charge is -2.33. The number of amides is 1. The summed E-state index contributed by atoms with van der Waals surface area (Å²) >= 11 is 0.675. The summed E-state index contributed by atoms with van der Waals surface area (Å²) in [5.74, 6) is -2.95. The van der Waals surface area contributed by atoms with Gasteiger partial charge in [0, 0.05) is 23.5 Å². The predicted molar refractivity (Wildman–Crippen MR) is 144 cm³/mol. The third-order valence-electron chi connectivity index (χ3n) is 7.82. The highest BCUT2D eigenvalue weighted by atomic mass is 32.1. The lowest BCUT2D eigenvalue weighted by Crippen LogP contribution is -2.45. The molecule has 2 atom stereocenters. The Hall–Kier alpha value is -4.45. The highest BCUT2D eigenvalue weighted by molar-refractivity contribution is 7.23. The monoisotopic (exact) mass is 604 g/mol. The van der Waals surface area contributed by atoms with Crippen molar-refractivity contribution >= 4 is 49.6 Å². The number of hydrogen-bond acceptors (Lipinski definition) is 9. The standard InChI is InChI=1S/C27H21F5N6O3S/c1-11-15(5-6-37(11)10-39)38-7-8-41-22-18-21(35-26(40-2)36-25(18)38)20(29)17(19(22)27(30,31)32)12-3-4-14(28)23-16(12)13(9-33)24(34)42-23/h3-4,10-11,15H,5-8,34H2,1-2H3. The molecule has 2 aliphatic heterocycles. The maximum atomic E-state index is 16.7. The Balaban J connectivity index is 1.75. The molecule has 1 saturated heterocycles. The molecule has 0 spiro atoms. The van der Waals surface area contributed by atoms with Gasteiger partial charge >= 0.3 is 12.2 Å². The topological polar surface area (TPSA) is 118 Å². The fourth-order valence-corrected chi connectivity index (χ4v) is 6.88. The Morgan fingerprint density at radius 2 is 2.00 bits per heavy atom. The number of likely N-dealkylation sites (tertiary alicyclic amines) is 1. The second-order valence-corrected chi connectivity index (χ2v) is 10.9. The highest BCUT2D eigenvalue weighted by Gasteiger charge is 2.45. The Kier molecular flexibility index (Phi) is 6.48. The molecule has 2 aromatic heterocycles. The number of nitrogens with zero attached hydrogens (tertiary/aromatic N) is 5. The number of halogens is 5. The van der Waals surface area contributed by atoms with E-state index in [1.165, 1.54) is 7.11 Å². The summed E-state index contributed by atoms with van der Waals surface area (Å²) in [5.41, 5.74) is 2.30. The zero-order valence-electron chi connectivity index (χ0n) is 22.1. The van der Waals surface area contributed by atoms with E-state index >= 15 is 17.6 Å². The molecule has 1 amide bonds. The maximum absolute atomic E-state index is 16.7. The number of anilines is 2. The number of ether oxygens (including phenoxy) is 2. The number of rotatable bonds is 4. The summed E-state index contributed by atoms with van der Waals surface area (Å²) in [4.78, 5) is 23.2. The predicted octanol–water partition coefficient (Wildman–Crippen LogP) is 5.09. The minimum atomic E-state index is -5.17. The van der Waals surface area contributed by atoms with Crippen LogP contribution < -0.4 is 20.1 Å². The van der Waals surface area contributed by atoms with Crippen molar-refractivity contribution in [3.05, 3.63) is 34.9 Å². The first kappa shape index (κ1) is 27.7. The van der Waals surface area contributed by atoms with E-state index in [1.807, 2.05) is 0 Å². The van der Waals surface area contributed by atoms with Gasteiger partial charge in [-0.1, -0.05) is 6.07 Å². The summed E-state index contributed by atoms with van der Waals surface area (Å²) in [7, 11) is 1.23. The number of nitriles is 1. The molecule has 9 nitrogen and oxygen atoms in total. The van der Waals surface area contributed by atoms with Crippen LogP contribution in [0, 0.1) is 23.0 Å². The molecular weight excluding hydrogens is 583 g/mol. The Bertz CT molecular complexity index is 1820. The van der Waals surface area contributed by atoms with Crippen molar-refractivity contribution in [1.82, 2.24) is 14.9 Å². The van der Waals surface area contributed by atoms with Crippen molar-refractivity contribution in [1.29, 1.82) is 5.26 Å². The summed E-state index contributed by atoms with van der Waals surface area (Å²) in [6, 6.07) is 2.67. The van der Waals surface area contributed by atoms with Gasteiger partial charge in [-0.2, -0.15) is 28.4 Å². The number of thiophene rings is 1. The van der Waals surface area contributed by atoms with Gasteiger partial charge < -0.3 is 25.0 Å². The summed E-state index contributed by atoms with van der Waals surface area (Å²) in [6.07, 6.45) is -3.98. The smallest absolute Gasteiger partial charge is 0.420 e. The van der Waals surface area contributed by atoms with E-state index in [2.05, 4.69) is 9.97 Å². The van der Waals surface area contributed by atoms with Crippen molar-refractivity contribution < 1.29 is 36.2 Å². The number of nitrogens with two attached hydrogens (primary N) is 1. The molecule has 218 valence electrons. The number of methoxy groups -OCH3 is 1. The van der Waals surface area contributed by atoms with Crippen LogP contribution in [-0.4, -0.2) is 60.2 Å². The molecule has 6 rings (SSSR count). The second-order valence-electron chi connectivity index (χ2n) is 9.88. The van der Waals surface area contributed by atoms with E-state index in [4.69, 9.17) is 15.2 Å². The van der Waals surface area contributed by atoms with Crippen LogP contribution in [0.25, 0.3) is 32.1 Å². The lowest BCUT2D eigenvalue weighted by atomic mass is 9.91. The van der Waals surface area contributed by atoms with Gasteiger partial charge in [0.05, 0.1) is 35.3 Å². The molecule has 15 heteroatoms. The highest BCUT2D eigenvalue weighted by Crippen LogP contribution is 2.53. The SMILES string of the molecule is COc1nc2c3c(c(C(F)(F)F)c(-c4ccc(F)c5sc(N)c(C#N)c45)c(F)c3n1)OCCN2C1CCN(C=O)C1C. The number of alkyl halides is 3. The van der Waals surface area contributed by atoms with Gasteiger partial charge in [0.1, 0.15) is 46.1 Å². The molecule has 2 N–H and O–H groups in total. The fraction of sp³-hybridized carbons (Fsp3) is 0.333. The van der Waals surface area contributed by atoms with Crippen LogP contribution in [0.4, 0.5) is 32.8 Å². The van der Waals surface area contributed by atoms with Crippen LogP contribution in [0.5, 0.6) is 11.8 Å². The molecule has 4 heterocycles.